The minimum Gasteiger partial charge on any atom is -0.504 e. The number of amides is 2. The molecule has 1 atom stereocenters. The van der Waals surface area contributed by atoms with Crippen LogP contribution >= 0.6 is 0 Å². The SMILES string of the molecule is COc1cc(C=NNC(=O)CCC2C(=O)NN=C2C)ccc1O. The number of nitrogens with one attached hydrogen (secondary N) is 2. The molecule has 2 amide bonds. The third kappa shape index (κ3) is 4.29. The molecule has 0 aliphatic carbocycles. The summed E-state index contributed by atoms with van der Waals surface area (Å²) in [6, 6.07) is 4.70. The van der Waals surface area contributed by atoms with E-state index < -0.39 is 0 Å². The van der Waals surface area contributed by atoms with Gasteiger partial charge in [0.2, 0.25) is 11.8 Å². The second kappa shape index (κ2) is 7.39. The smallest absolute Gasteiger partial charge is 0.248 e. The van der Waals surface area contributed by atoms with Crippen LogP contribution in [0.3, 0.4) is 0 Å². The predicted molar refractivity (Wildman–Crippen MR) is 84.4 cm³/mol. The van der Waals surface area contributed by atoms with Gasteiger partial charge < -0.3 is 9.84 Å². The zero-order valence-electron chi connectivity index (χ0n) is 12.9. The van der Waals surface area contributed by atoms with Crippen molar-refractivity contribution in [2.45, 2.75) is 19.8 Å². The molecule has 23 heavy (non-hydrogen) atoms. The van der Waals surface area contributed by atoms with Crippen LogP contribution in [0.25, 0.3) is 0 Å². The Morgan fingerprint density at radius 2 is 2.35 bits per heavy atom. The summed E-state index contributed by atoms with van der Waals surface area (Å²) in [5, 5.41) is 17.1. The van der Waals surface area contributed by atoms with E-state index in [0.29, 0.717) is 23.4 Å². The van der Waals surface area contributed by atoms with Gasteiger partial charge in [0.25, 0.3) is 0 Å². The standard InChI is InChI=1S/C15H18N4O4/c1-9-11(15(22)19-17-9)4-6-14(21)18-16-8-10-3-5-12(20)13(7-10)23-2/h3,5,7-8,11,20H,4,6H2,1-2H3,(H,18,21)(H,19,22). The minimum absolute atomic E-state index is 0.0283. The number of phenolic OH excluding ortho intramolecular Hbond substituents is 1. The van der Waals surface area contributed by atoms with Crippen molar-refractivity contribution in [2.75, 3.05) is 7.11 Å². The largest absolute Gasteiger partial charge is 0.504 e. The molecule has 3 N–H and O–H groups in total. The Morgan fingerprint density at radius 3 is 3.00 bits per heavy atom. The van der Waals surface area contributed by atoms with Gasteiger partial charge in [-0.2, -0.15) is 10.2 Å². The Morgan fingerprint density at radius 1 is 1.57 bits per heavy atom. The number of rotatable bonds is 6. The summed E-state index contributed by atoms with van der Waals surface area (Å²) in [7, 11) is 1.45. The summed E-state index contributed by atoms with van der Waals surface area (Å²) in [5.41, 5.74) is 6.12. The molecule has 0 fully saturated rings. The van der Waals surface area contributed by atoms with E-state index in [1.54, 1.807) is 19.1 Å². The molecule has 0 spiro atoms. The van der Waals surface area contributed by atoms with Crippen molar-refractivity contribution in [3.05, 3.63) is 23.8 Å². The molecule has 8 nitrogen and oxygen atoms in total. The number of methoxy groups -OCH3 is 1. The molecule has 0 saturated carbocycles. The maximum absolute atomic E-state index is 11.7. The van der Waals surface area contributed by atoms with Crippen LogP contribution in [0.4, 0.5) is 0 Å². The van der Waals surface area contributed by atoms with Crippen LogP contribution in [0.2, 0.25) is 0 Å². The van der Waals surface area contributed by atoms with Crippen LogP contribution in [-0.2, 0) is 9.59 Å². The number of aromatic hydroxyl groups is 1. The Kier molecular flexibility index (Phi) is 5.29. The Bertz CT molecular complexity index is 669. The molecular formula is C15H18N4O4. The van der Waals surface area contributed by atoms with Gasteiger partial charge in [-0.3, -0.25) is 9.59 Å². The van der Waals surface area contributed by atoms with E-state index in [4.69, 9.17) is 4.74 Å². The van der Waals surface area contributed by atoms with Crippen molar-refractivity contribution in [3.8, 4) is 11.5 Å². The molecule has 1 heterocycles. The maximum atomic E-state index is 11.7. The molecule has 122 valence electrons. The van der Waals surface area contributed by atoms with Crippen LogP contribution in [-0.4, -0.2) is 36.0 Å². The number of phenols is 1. The van der Waals surface area contributed by atoms with Gasteiger partial charge in [-0.05, 0) is 37.1 Å². The van der Waals surface area contributed by atoms with Crippen molar-refractivity contribution < 1.29 is 19.4 Å². The van der Waals surface area contributed by atoms with E-state index in [0.717, 1.165) is 0 Å². The first-order valence-electron chi connectivity index (χ1n) is 7.04. The third-order valence-electron chi connectivity index (χ3n) is 3.43. The summed E-state index contributed by atoms with van der Waals surface area (Å²) in [6.07, 6.45) is 1.99. The lowest BCUT2D eigenvalue weighted by Gasteiger charge is -2.06. The van der Waals surface area contributed by atoms with Gasteiger partial charge >= 0.3 is 0 Å². The first-order valence-corrected chi connectivity index (χ1v) is 7.04. The molecule has 0 bridgehead atoms. The average Bonchev–Trinajstić information content (AvgIpc) is 2.85. The van der Waals surface area contributed by atoms with Crippen LogP contribution in [0, 0.1) is 5.92 Å². The number of hydrazone groups is 2. The van der Waals surface area contributed by atoms with Gasteiger partial charge in [0, 0.05) is 12.1 Å². The van der Waals surface area contributed by atoms with Crippen molar-refractivity contribution in [1.82, 2.24) is 10.9 Å². The van der Waals surface area contributed by atoms with Gasteiger partial charge in [-0.25, -0.2) is 10.9 Å². The lowest BCUT2D eigenvalue weighted by atomic mass is 9.99. The third-order valence-corrected chi connectivity index (χ3v) is 3.43. The van der Waals surface area contributed by atoms with Crippen LogP contribution in [0.15, 0.2) is 28.4 Å². The van der Waals surface area contributed by atoms with E-state index >= 15 is 0 Å². The van der Waals surface area contributed by atoms with E-state index in [-0.39, 0.29) is 29.9 Å². The minimum atomic E-state index is -0.355. The fourth-order valence-electron chi connectivity index (χ4n) is 2.11. The molecule has 8 heteroatoms. The monoisotopic (exact) mass is 318 g/mol. The summed E-state index contributed by atoms with van der Waals surface area (Å²) in [4.78, 5) is 23.2. The summed E-state index contributed by atoms with van der Waals surface area (Å²) < 4.78 is 4.98. The highest BCUT2D eigenvalue weighted by atomic mass is 16.5. The second-order valence-electron chi connectivity index (χ2n) is 5.04. The first kappa shape index (κ1) is 16.5. The number of benzene rings is 1. The lowest BCUT2D eigenvalue weighted by Crippen LogP contribution is -2.25. The number of hydrogen-bond donors (Lipinski definition) is 3. The van der Waals surface area contributed by atoms with Gasteiger partial charge in [0.1, 0.15) is 0 Å². The molecule has 1 aliphatic heterocycles. The topological polar surface area (TPSA) is 112 Å². The van der Waals surface area contributed by atoms with Gasteiger partial charge in [0.15, 0.2) is 11.5 Å². The number of hydrogen-bond acceptors (Lipinski definition) is 6. The van der Waals surface area contributed by atoms with Gasteiger partial charge in [-0.15, -0.1) is 0 Å². The lowest BCUT2D eigenvalue weighted by molar-refractivity contribution is -0.123. The van der Waals surface area contributed by atoms with Crippen LogP contribution in [0.5, 0.6) is 11.5 Å². The van der Waals surface area contributed by atoms with E-state index in [1.165, 1.54) is 19.4 Å². The number of carbonyl (C=O) groups excluding carboxylic acids is 2. The predicted octanol–water partition coefficient (Wildman–Crippen LogP) is 0.753. The van der Waals surface area contributed by atoms with Gasteiger partial charge in [0.05, 0.1) is 19.2 Å². The number of carbonyl (C=O) groups is 2. The Balaban J connectivity index is 1.82. The molecule has 1 aromatic carbocycles. The fraction of sp³-hybridized carbons (Fsp3) is 0.333. The van der Waals surface area contributed by atoms with Gasteiger partial charge in [-0.1, -0.05) is 0 Å². The highest BCUT2D eigenvalue weighted by Crippen LogP contribution is 2.25. The first-order chi connectivity index (χ1) is 11.0. The van der Waals surface area contributed by atoms with E-state index in [1.807, 2.05) is 0 Å². The average molecular weight is 318 g/mol. The zero-order valence-corrected chi connectivity index (χ0v) is 12.9. The Hall–Kier alpha value is -2.90. The molecule has 0 aromatic heterocycles. The molecule has 1 unspecified atom stereocenters. The maximum Gasteiger partial charge on any atom is 0.248 e. The molecule has 1 aromatic rings. The van der Waals surface area contributed by atoms with Crippen LogP contribution in [0.1, 0.15) is 25.3 Å². The van der Waals surface area contributed by atoms with Crippen molar-refractivity contribution in [1.29, 1.82) is 0 Å². The quantitative estimate of drug-likeness (QED) is 0.531. The molecule has 2 rings (SSSR count). The molecular weight excluding hydrogens is 300 g/mol. The summed E-state index contributed by atoms with van der Waals surface area (Å²) in [6.45, 7) is 1.75. The molecule has 0 saturated heterocycles. The molecule has 0 radical (unpaired) electrons. The zero-order chi connectivity index (χ0) is 16.8. The van der Waals surface area contributed by atoms with E-state index in [2.05, 4.69) is 21.1 Å². The summed E-state index contributed by atoms with van der Waals surface area (Å²) in [5.74, 6) is -0.483. The van der Waals surface area contributed by atoms with Crippen molar-refractivity contribution >= 4 is 23.7 Å². The fourth-order valence-corrected chi connectivity index (χ4v) is 2.11. The van der Waals surface area contributed by atoms with Crippen molar-refractivity contribution in [2.24, 2.45) is 16.1 Å². The summed E-state index contributed by atoms with van der Waals surface area (Å²) >= 11 is 0. The normalized spacial score (nSPS) is 17.0. The highest BCUT2D eigenvalue weighted by Gasteiger charge is 2.26. The highest BCUT2D eigenvalue weighted by molar-refractivity contribution is 6.07. The second-order valence-corrected chi connectivity index (χ2v) is 5.04. The number of ether oxygens (including phenoxy) is 1. The van der Waals surface area contributed by atoms with E-state index in [9.17, 15) is 14.7 Å². The van der Waals surface area contributed by atoms with Crippen LogP contribution < -0.4 is 15.6 Å². The Labute approximate surface area is 133 Å². The number of nitrogens with zero attached hydrogens (tertiary/aromatic N) is 2. The molecule has 1 aliphatic rings. The van der Waals surface area contributed by atoms with Crippen molar-refractivity contribution in [3.63, 3.8) is 0 Å².